The molecule has 0 spiro atoms. The number of hydrogen-bond donors (Lipinski definition) is 0. The predicted octanol–water partition coefficient (Wildman–Crippen LogP) is -0.244. The fourth-order valence-electron chi connectivity index (χ4n) is 6.57. The Labute approximate surface area is 412 Å². The number of rotatable bonds is 12. The smallest absolute Gasteiger partial charge is 0.744 e. The quantitative estimate of drug-likeness (QED) is 0.0383. The molecule has 0 radical (unpaired) electrons. The van der Waals surface area contributed by atoms with E-state index < -0.39 is 46.7 Å². The zero-order chi connectivity index (χ0) is 43.6. The van der Waals surface area contributed by atoms with E-state index in [9.17, 15) is 35.1 Å². The van der Waals surface area contributed by atoms with Crippen molar-refractivity contribution in [1.82, 2.24) is 30.0 Å². The van der Waals surface area contributed by atoms with Gasteiger partial charge in [0.2, 0.25) is 0 Å². The Morgan fingerprint density at radius 3 is 1.42 bits per heavy atom. The van der Waals surface area contributed by atoms with E-state index in [4.69, 9.17) is 8.37 Å². The molecule has 0 saturated heterocycles. The van der Waals surface area contributed by atoms with Crippen LogP contribution in [0, 0.1) is 13.8 Å². The fraction of sp³-hybridized carbons (Fsp3) is 0.0500. The van der Waals surface area contributed by atoms with Gasteiger partial charge in [0.15, 0.2) is 11.5 Å². The van der Waals surface area contributed by atoms with E-state index in [2.05, 4.69) is 29.8 Å². The first-order valence-corrected chi connectivity index (χ1v) is 22.9. The minimum atomic E-state index is -4.79. The summed E-state index contributed by atoms with van der Waals surface area (Å²) >= 11 is 0.698. The Balaban J connectivity index is 0.00000306. The molecular weight excluding hydrogens is 931 g/mol. The van der Waals surface area contributed by atoms with Crippen LogP contribution in [0.5, 0.6) is 11.5 Å². The second-order valence-corrected chi connectivity index (χ2v) is 19.0. The first kappa shape index (κ1) is 47.5. The van der Waals surface area contributed by atoms with Crippen molar-refractivity contribution in [2.24, 2.45) is 0 Å². The van der Waals surface area contributed by atoms with Crippen LogP contribution in [-0.4, -0.2) is 59.8 Å². The third kappa shape index (κ3) is 9.43. The van der Waals surface area contributed by atoms with E-state index in [1.807, 2.05) is 0 Å². The van der Waals surface area contributed by atoms with Gasteiger partial charge in [-0.2, -0.15) is 21.2 Å². The Morgan fingerprint density at radius 1 is 0.531 bits per heavy atom. The van der Waals surface area contributed by atoms with Crippen LogP contribution in [0.1, 0.15) is 11.1 Å². The van der Waals surface area contributed by atoms with Gasteiger partial charge in [-0.25, -0.2) is 8.42 Å². The SMILES string of the molecule is Cc1ccc(S(=O)(=O)Oc2cc(-n3nc4ccc5cc(S(=O)(=O)[O-])ccc5c4n3)c(OS(=O)(=O)c3ccc(C)cc3)cc2-n2nc3ccc4cc(SOO[O-])ccc4c3n2)cc1.[Na+].[Na+]. The summed E-state index contributed by atoms with van der Waals surface area (Å²) in [6.07, 6.45) is 0. The minimum absolute atomic E-state index is 0. The maximum absolute atomic E-state index is 14.0. The molecule has 9 rings (SSSR count). The molecule has 0 aliphatic rings. The molecule has 0 fully saturated rings. The van der Waals surface area contributed by atoms with Gasteiger partial charge in [-0.15, -0.1) is 30.0 Å². The van der Waals surface area contributed by atoms with Crippen molar-refractivity contribution in [3.8, 4) is 22.9 Å². The van der Waals surface area contributed by atoms with E-state index >= 15 is 0 Å². The zero-order valence-electron chi connectivity index (χ0n) is 33.8. The molecule has 314 valence electrons. The van der Waals surface area contributed by atoms with Gasteiger partial charge in [0.25, 0.3) is 0 Å². The van der Waals surface area contributed by atoms with E-state index in [1.165, 1.54) is 54.6 Å². The summed E-state index contributed by atoms with van der Waals surface area (Å²) in [5, 5.41) is 34.3. The number of nitrogens with zero attached hydrogens (tertiary/aromatic N) is 6. The summed E-state index contributed by atoms with van der Waals surface area (Å²) < 4.78 is 107. The molecule has 2 aromatic heterocycles. The van der Waals surface area contributed by atoms with Gasteiger partial charge >= 0.3 is 79.4 Å². The normalized spacial score (nSPS) is 12.1. The summed E-state index contributed by atoms with van der Waals surface area (Å²) in [5.74, 6) is -0.797. The molecule has 0 aliphatic carbocycles. The molecule has 2 heterocycles. The van der Waals surface area contributed by atoms with Crippen LogP contribution in [0.15, 0.2) is 141 Å². The molecule has 18 nitrogen and oxygen atoms in total. The first-order chi connectivity index (χ1) is 29.6. The summed E-state index contributed by atoms with van der Waals surface area (Å²) in [7, 11) is -14.0. The van der Waals surface area contributed by atoms with Crippen LogP contribution in [0.4, 0.5) is 0 Å². The summed E-state index contributed by atoms with van der Waals surface area (Å²) in [6.45, 7) is 3.57. The molecule has 0 amide bonds. The first-order valence-electron chi connectivity index (χ1n) is 18.0. The largest absolute Gasteiger partial charge is 1.00 e. The molecule has 24 heteroatoms. The second kappa shape index (κ2) is 18.4. The molecular formula is C40H26N6Na2O12S4. The van der Waals surface area contributed by atoms with Crippen molar-refractivity contribution in [2.45, 2.75) is 33.4 Å². The van der Waals surface area contributed by atoms with E-state index in [1.54, 1.807) is 68.4 Å². The Kier molecular flexibility index (Phi) is 13.7. The van der Waals surface area contributed by atoms with Crippen molar-refractivity contribution >= 4 is 86.0 Å². The van der Waals surface area contributed by atoms with Gasteiger partial charge in [0, 0.05) is 27.8 Å². The fourth-order valence-corrected chi connectivity index (χ4v) is 9.35. The van der Waals surface area contributed by atoms with Crippen LogP contribution in [0.3, 0.4) is 0 Å². The molecule has 64 heavy (non-hydrogen) atoms. The standard InChI is InChI=1S/C40H28N6O12S4.2Na/c1-23-3-10-28(11-4-23)61(51,52)55-37-22-36(46-42-34-18-8-26-20-30(60(48,49)50)14-16-32(26)40(34)44-46)38(56-62(53,54)29-12-5-24(2)6-13-29)21-35(37)45-41-33-17-7-25-19-27(59-58-57-47)9-15-31(25)39(33)43-45;;/h3-22,47H,1-2H3,(H,48,49,50);;/q;2*+1/p-2. The summed E-state index contributed by atoms with van der Waals surface area (Å²) in [5.41, 5.74) is 2.35. The molecule has 0 bridgehead atoms. The van der Waals surface area contributed by atoms with Gasteiger partial charge in [-0.05, 0) is 85.3 Å². The average molecular weight is 957 g/mol. The van der Waals surface area contributed by atoms with Gasteiger partial charge in [0.05, 0.1) is 16.9 Å². The topological polar surface area (TPSA) is 247 Å². The third-order valence-electron chi connectivity index (χ3n) is 9.61. The molecule has 0 unspecified atom stereocenters. The van der Waals surface area contributed by atoms with Crippen molar-refractivity contribution in [1.29, 1.82) is 0 Å². The maximum atomic E-state index is 14.0. The van der Waals surface area contributed by atoms with Crippen molar-refractivity contribution in [3.63, 3.8) is 0 Å². The van der Waals surface area contributed by atoms with Crippen LogP contribution < -0.4 is 72.7 Å². The predicted molar refractivity (Wildman–Crippen MR) is 220 cm³/mol. The molecule has 0 saturated carbocycles. The third-order valence-corrected chi connectivity index (χ3v) is 13.5. The summed E-state index contributed by atoms with van der Waals surface area (Å²) in [6, 6.07) is 29.3. The Bertz CT molecular complexity index is 3610. The Hall–Kier alpha value is -4.50. The number of benzene rings is 7. The van der Waals surface area contributed by atoms with E-state index in [0.29, 0.717) is 49.5 Å². The number of aromatic nitrogens is 6. The van der Waals surface area contributed by atoms with Gasteiger partial charge in [-0.3, -0.25) is 5.04 Å². The molecule has 0 aliphatic heterocycles. The van der Waals surface area contributed by atoms with Gasteiger partial charge < -0.3 is 18.2 Å². The number of fused-ring (bicyclic) bond motifs is 6. The van der Waals surface area contributed by atoms with Crippen molar-refractivity contribution in [2.75, 3.05) is 0 Å². The van der Waals surface area contributed by atoms with E-state index in [-0.39, 0.29) is 91.3 Å². The minimum Gasteiger partial charge on any atom is -0.744 e. The van der Waals surface area contributed by atoms with Crippen LogP contribution in [0.2, 0.25) is 0 Å². The maximum Gasteiger partial charge on any atom is 1.00 e. The average Bonchev–Trinajstić information content (AvgIpc) is 3.88. The van der Waals surface area contributed by atoms with Crippen LogP contribution in [0.25, 0.3) is 55.0 Å². The summed E-state index contributed by atoms with van der Waals surface area (Å²) in [4.78, 5) is 1.76. The molecule has 0 atom stereocenters. The molecule has 7 aromatic carbocycles. The Morgan fingerprint density at radius 2 is 0.969 bits per heavy atom. The second-order valence-electron chi connectivity index (χ2n) is 13.8. The van der Waals surface area contributed by atoms with Gasteiger partial charge in [-0.1, -0.05) is 59.7 Å². The monoisotopic (exact) mass is 956 g/mol. The van der Waals surface area contributed by atoms with Crippen LogP contribution >= 0.6 is 12.0 Å². The van der Waals surface area contributed by atoms with E-state index in [0.717, 1.165) is 32.9 Å². The van der Waals surface area contributed by atoms with Crippen molar-refractivity contribution in [3.05, 3.63) is 132 Å². The molecule has 0 N–H and O–H groups in total. The number of aryl methyl sites for hydroxylation is 2. The van der Waals surface area contributed by atoms with Crippen molar-refractivity contribution < 1.29 is 112 Å². The van der Waals surface area contributed by atoms with Gasteiger partial charge in [0.1, 0.15) is 53.4 Å². The van der Waals surface area contributed by atoms with Crippen LogP contribution in [-0.2, 0) is 39.7 Å². The zero-order valence-corrected chi connectivity index (χ0v) is 41.0. The molecule has 9 aromatic rings. The number of hydrogen-bond acceptors (Lipinski definition) is 17.